The number of hydrogen-bond donors (Lipinski definition) is 0. The number of ether oxygens (including phenoxy) is 1. The largest absolute Gasteiger partial charge is 0.497 e. The van der Waals surface area contributed by atoms with Crippen LogP contribution in [0.15, 0.2) is 88.9 Å². The molecule has 0 saturated heterocycles. The molecule has 4 aromatic rings. The van der Waals surface area contributed by atoms with Crippen molar-refractivity contribution in [3.8, 4) is 16.9 Å². The molecule has 1 aliphatic heterocycles. The van der Waals surface area contributed by atoms with Gasteiger partial charge in [-0.05, 0) is 65.2 Å². The molecule has 12 heteroatoms. The fourth-order valence-corrected chi connectivity index (χ4v) is 4.22. The average Bonchev–Trinajstić information content (AvgIpc) is 3.58. The van der Waals surface area contributed by atoms with Gasteiger partial charge < -0.3 is 18.9 Å². The van der Waals surface area contributed by atoms with E-state index in [2.05, 4.69) is 10.1 Å². The Hall–Kier alpha value is -4.48. The van der Waals surface area contributed by atoms with E-state index in [9.17, 15) is 26.3 Å². The van der Waals surface area contributed by atoms with Gasteiger partial charge in [0.05, 0.1) is 31.0 Å². The van der Waals surface area contributed by atoms with E-state index in [0.29, 0.717) is 23.4 Å². The van der Waals surface area contributed by atoms with Gasteiger partial charge in [0.1, 0.15) is 5.75 Å². The van der Waals surface area contributed by atoms with Crippen molar-refractivity contribution in [2.45, 2.75) is 25.1 Å². The van der Waals surface area contributed by atoms with Crippen LogP contribution in [0.3, 0.4) is 0 Å². The maximum Gasteiger partial charge on any atom is 0.416 e. The Kier molecular flexibility index (Phi) is 6.71. The summed E-state index contributed by atoms with van der Waals surface area (Å²) in [5, 5.41) is 3.97. The molecule has 2 aromatic carbocycles. The lowest BCUT2D eigenvalue weighted by atomic mass is 10.00. The molecule has 1 aliphatic rings. The van der Waals surface area contributed by atoms with Crippen molar-refractivity contribution in [3.05, 3.63) is 107 Å². The molecule has 0 aliphatic carbocycles. The Morgan fingerprint density at radius 1 is 0.923 bits per heavy atom. The molecule has 1 unspecified atom stereocenters. The van der Waals surface area contributed by atoms with Crippen LogP contribution in [-0.4, -0.2) is 22.8 Å². The van der Waals surface area contributed by atoms with Gasteiger partial charge in [-0.1, -0.05) is 17.3 Å². The highest BCUT2D eigenvalue weighted by molar-refractivity contribution is 5.97. The number of aromatic nitrogens is 1. The Labute approximate surface area is 218 Å². The van der Waals surface area contributed by atoms with Crippen LogP contribution in [0.1, 0.15) is 34.2 Å². The molecular weight excluding hydrogens is 528 g/mol. The van der Waals surface area contributed by atoms with Gasteiger partial charge in [-0.25, -0.2) is 0 Å². The molecule has 0 N–H and O–H groups in total. The summed E-state index contributed by atoms with van der Waals surface area (Å²) >= 11 is 0. The van der Waals surface area contributed by atoms with Crippen LogP contribution in [0.4, 0.5) is 26.3 Å². The third kappa shape index (κ3) is 5.40. The first-order valence-corrected chi connectivity index (χ1v) is 11.5. The highest BCUT2D eigenvalue weighted by Crippen LogP contribution is 2.41. The van der Waals surface area contributed by atoms with Crippen LogP contribution in [-0.2, 0) is 23.7 Å². The van der Waals surface area contributed by atoms with Crippen molar-refractivity contribution in [1.29, 1.82) is 0 Å². The molecular formula is C27H19F6N3O3. The normalized spacial score (nSPS) is 15.7. The number of pyridine rings is 1. The average molecular weight is 547 g/mol. The molecule has 202 valence electrons. The topological polar surface area (TPSA) is 60.1 Å². The number of halogens is 6. The second-order valence-corrected chi connectivity index (χ2v) is 8.58. The predicted octanol–water partition coefficient (Wildman–Crippen LogP) is 7.28. The minimum absolute atomic E-state index is 0.0308. The lowest BCUT2D eigenvalue weighted by molar-refractivity contribution is -0.143. The molecule has 39 heavy (non-hydrogen) atoms. The molecule has 0 radical (unpaired) electrons. The summed E-state index contributed by atoms with van der Waals surface area (Å²) in [6.45, 7) is -0.0308. The van der Waals surface area contributed by atoms with Crippen molar-refractivity contribution in [1.82, 2.24) is 9.88 Å². The van der Waals surface area contributed by atoms with Crippen molar-refractivity contribution in [3.63, 3.8) is 0 Å². The molecule has 0 saturated carbocycles. The predicted molar refractivity (Wildman–Crippen MR) is 127 cm³/mol. The van der Waals surface area contributed by atoms with Crippen molar-refractivity contribution in [2.24, 2.45) is 5.16 Å². The van der Waals surface area contributed by atoms with E-state index in [4.69, 9.17) is 14.0 Å². The molecule has 0 spiro atoms. The zero-order valence-corrected chi connectivity index (χ0v) is 20.1. The number of amidine groups is 1. The van der Waals surface area contributed by atoms with Crippen LogP contribution in [0.5, 0.6) is 5.75 Å². The van der Waals surface area contributed by atoms with E-state index in [1.165, 1.54) is 18.3 Å². The monoisotopic (exact) mass is 547 g/mol. The number of alkyl halides is 6. The summed E-state index contributed by atoms with van der Waals surface area (Å²) in [5.74, 6) is 0.954. The zero-order chi connectivity index (χ0) is 27.8. The van der Waals surface area contributed by atoms with Crippen molar-refractivity contribution < 1.29 is 40.3 Å². The summed E-state index contributed by atoms with van der Waals surface area (Å²) in [6.07, 6.45) is -6.96. The minimum atomic E-state index is -5.02. The van der Waals surface area contributed by atoms with Crippen molar-refractivity contribution in [2.75, 3.05) is 7.11 Å². The van der Waals surface area contributed by atoms with Gasteiger partial charge in [0, 0.05) is 18.0 Å². The van der Waals surface area contributed by atoms with E-state index in [1.807, 2.05) is 12.1 Å². The molecule has 3 heterocycles. The van der Waals surface area contributed by atoms with Crippen LogP contribution in [0.25, 0.3) is 11.1 Å². The van der Waals surface area contributed by atoms with E-state index in [1.54, 1.807) is 42.7 Å². The maximum atomic E-state index is 13.6. The smallest absolute Gasteiger partial charge is 0.416 e. The van der Waals surface area contributed by atoms with Crippen molar-refractivity contribution >= 4 is 5.84 Å². The van der Waals surface area contributed by atoms with Gasteiger partial charge in [0.25, 0.3) is 0 Å². The van der Waals surface area contributed by atoms with Gasteiger partial charge >= 0.3 is 12.4 Å². The second-order valence-electron chi connectivity index (χ2n) is 8.58. The fraction of sp³-hybridized carbons (Fsp3) is 0.185. The third-order valence-electron chi connectivity index (χ3n) is 6.08. The summed E-state index contributed by atoms with van der Waals surface area (Å²) in [5.41, 5.74) is -1.15. The third-order valence-corrected chi connectivity index (χ3v) is 6.08. The van der Waals surface area contributed by atoms with E-state index >= 15 is 0 Å². The van der Waals surface area contributed by atoms with E-state index in [0.717, 1.165) is 11.1 Å². The molecule has 1 atom stereocenters. The van der Waals surface area contributed by atoms with Crippen LogP contribution in [0, 0.1) is 0 Å². The maximum absolute atomic E-state index is 13.6. The molecule has 0 bridgehead atoms. The first-order valence-electron chi connectivity index (χ1n) is 11.5. The van der Waals surface area contributed by atoms with Crippen LogP contribution < -0.4 is 4.74 Å². The first kappa shape index (κ1) is 26.1. The highest BCUT2D eigenvalue weighted by atomic mass is 19.4. The first-order chi connectivity index (χ1) is 18.5. The molecule has 6 nitrogen and oxygen atoms in total. The molecule has 5 rings (SSSR count). The number of methoxy groups -OCH3 is 1. The van der Waals surface area contributed by atoms with Gasteiger partial charge in [-0.3, -0.25) is 4.98 Å². The number of benzene rings is 2. The van der Waals surface area contributed by atoms with Gasteiger partial charge in [0.15, 0.2) is 5.76 Å². The highest BCUT2D eigenvalue weighted by Gasteiger charge is 2.41. The quantitative estimate of drug-likeness (QED) is 0.238. The molecule has 2 aromatic heterocycles. The summed E-state index contributed by atoms with van der Waals surface area (Å²) in [7, 11) is 1.54. The Balaban J connectivity index is 1.59. The SMILES string of the molecule is COc1ccc(-c2ccncc2CN2C(c3ccco3)=NOC2c2cc(C(F)(F)F)cc(C(F)(F)F)c2)cc1. The number of hydrogen-bond acceptors (Lipinski definition) is 6. The summed E-state index contributed by atoms with van der Waals surface area (Å²) in [4.78, 5) is 11.1. The lowest BCUT2D eigenvalue weighted by Crippen LogP contribution is -2.31. The van der Waals surface area contributed by atoms with E-state index in [-0.39, 0.29) is 29.8 Å². The summed E-state index contributed by atoms with van der Waals surface area (Å²) in [6, 6.07) is 13.4. The lowest BCUT2D eigenvalue weighted by Gasteiger charge is -2.27. The van der Waals surface area contributed by atoms with Gasteiger partial charge in [-0.2, -0.15) is 26.3 Å². The summed E-state index contributed by atoms with van der Waals surface area (Å²) < 4.78 is 92.1. The fourth-order valence-electron chi connectivity index (χ4n) is 4.22. The molecule has 0 fully saturated rings. The second kappa shape index (κ2) is 10.0. The van der Waals surface area contributed by atoms with E-state index < -0.39 is 29.7 Å². The molecule has 0 amide bonds. The minimum Gasteiger partial charge on any atom is -0.497 e. The number of oxime groups is 1. The standard InChI is InChI=1S/C27H19F6N3O3/c1-37-21-6-4-16(5-7-21)22-8-9-34-14-18(22)15-36-24(23-3-2-10-38-23)35-39-25(36)17-11-19(26(28,29)30)13-20(12-17)27(31,32)33/h2-14,25H,15H2,1H3. The zero-order valence-electron chi connectivity index (χ0n) is 20.1. The van der Waals surface area contributed by atoms with Crippen LogP contribution in [0.2, 0.25) is 0 Å². The number of furan rings is 1. The van der Waals surface area contributed by atoms with Gasteiger partial charge in [0.2, 0.25) is 12.1 Å². The Morgan fingerprint density at radius 3 is 2.21 bits per heavy atom. The Morgan fingerprint density at radius 2 is 1.62 bits per heavy atom. The van der Waals surface area contributed by atoms with Gasteiger partial charge in [-0.15, -0.1) is 0 Å². The number of nitrogens with zero attached hydrogens (tertiary/aromatic N) is 3. The number of rotatable bonds is 6. The van der Waals surface area contributed by atoms with Crippen LogP contribution >= 0.6 is 0 Å². The Bertz CT molecular complexity index is 1450.